The number of benzene rings is 1. The van der Waals surface area contributed by atoms with Crippen molar-refractivity contribution in [3.8, 4) is 0 Å². The molecule has 0 fully saturated rings. The van der Waals surface area contributed by atoms with Crippen LogP contribution in [0.3, 0.4) is 0 Å². The molecule has 0 unspecified atom stereocenters. The van der Waals surface area contributed by atoms with Crippen LogP contribution in [-0.4, -0.2) is 40.6 Å². The van der Waals surface area contributed by atoms with Crippen LogP contribution in [-0.2, 0) is 13.0 Å². The number of hydrogen-bond acceptors (Lipinski definition) is 2. The summed E-state index contributed by atoms with van der Waals surface area (Å²) in [5, 5.41) is 7.74. The minimum atomic E-state index is -0.221. The van der Waals surface area contributed by atoms with Crippen LogP contribution in [0.25, 0.3) is 10.9 Å². The Hall–Kier alpha value is -2.83. The SMILES string of the molecule is CN=C(NCCCCn1ccnc1C)NCCc1c[nH]c2cc(F)ccc12. The molecule has 0 spiro atoms. The van der Waals surface area contributed by atoms with Gasteiger partial charge >= 0.3 is 0 Å². The molecule has 3 N–H and O–H groups in total. The number of rotatable bonds is 8. The fourth-order valence-electron chi connectivity index (χ4n) is 3.16. The van der Waals surface area contributed by atoms with Crippen molar-refractivity contribution in [3.05, 3.63) is 54.0 Å². The normalized spacial score (nSPS) is 11.9. The van der Waals surface area contributed by atoms with E-state index in [0.717, 1.165) is 61.6 Å². The standard InChI is InChI=1S/C20H27FN6/c1-15-23-10-12-27(15)11-4-3-8-24-20(22-2)25-9-7-16-14-26-19-13-17(21)5-6-18(16)19/h5-6,10,12-14,26H,3-4,7-9,11H2,1-2H3,(H2,22,24,25). The Labute approximate surface area is 158 Å². The van der Waals surface area contributed by atoms with Gasteiger partial charge in [-0.15, -0.1) is 0 Å². The molecule has 144 valence electrons. The van der Waals surface area contributed by atoms with Gasteiger partial charge in [-0.05, 0) is 49.9 Å². The summed E-state index contributed by atoms with van der Waals surface area (Å²) in [6.07, 6.45) is 8.79. The number of fused-ring (bicyclic) bond motifs is 1. The zero-order valence-electron chi connectivity index (χ0n) is 15.9. The largest absolute Gasteiger partial charge is 0.361 e. The number of hydrogen-bond donors (Lipinski definition) is 3. The number of guanidine groups is 1. The lowest BCUT2D eigenvalue weighted by atomic mass is 10.1. The van der Waals surface area contributed by atoms with Crippen LogP contribution in [0, 0.1) is 12.7 Å². The fourth-order valence-corrected chi connectivity index (χ4v) is 3.16. The summed E-state index contributed by atoms with van der Waals surface area (Å²) >= 11 is 0. The van der Waals surface area contributed by atoms with Gasteiger partial charge in [0.2, 0.25) is 0 Å². The number of aliphatic imine (C=N–C) groups is 1. The molecule has 3 rings (SSSR count). The van der Waals surface area contributed by atoms with E-state index in [4.69, 9.17) is 0 Å². The summed E-state index contributed by atoms with van der Waals surface area (Å²) in [4.78, 5) is 11.6. The molecule has 0 aliphatic carbocycles. The Morgan fingerprint density at radius 3 is 2.89 bits per heavy atom. The van der Waals surface area contributed by atoms with Gasteiger partial charge in [0, 0.05) is 56.2 Å². The second-order valence-electron chi connectivity index (χ2n) is 6.55. The van der Waals surface area contributed by atoms with Crippen molar-refractivity contribution in [2.45, 2.75) is 32.7 Å². The summed E-state index contributed by atoms with van der Waals surface area (Å²) in [6.45, 7) is 4.65. The van der Waals surface area contributed by atoms with Crippen LogP contribution in [0.4, 0.5) is 4.39 Å². The molecular formula is C20H27FN6. The highest BCUT2D eigenvalue weighted by Crippen LogP contribution is 2.19. The van der Waals surface area contributed by atoms with E-state index in [2.05, 4.69) is 30.2 Å². The number of aromatic amines is 1. The summed E-state index contributed by atoms with van der Waals surface area (Å²) < 4.78 is 15.4. The minimum Gasteiger partial charge on any atom is -0.361 e. The van der Waals surface area contributed by atoms with Crippen molar-refractivity contribution < 1.29 is 4.39 Å². The van der Waals surface area contributed by atoms with E-state index >= 15 is 0 Å². The van der Waals surface area contributed by atoms with E-state index in [1.54, 1.807) is 7.05 Å². The maximum atomic E-state index is 13.3. The lowest BCUT2D eigenvalue weighted by molar-refractivity contribution is 0.588. The molecule has 1 aromatic carbocycles. The van der Waals surface area contributed by atoms with Gasteiger partial charge in [0.05, 0.1) is 0 Å². The molecule has 27 heavy (non-hydrogen) atoms. The Morgan fingerprint density at radius 2 is 2.11 bits per heavy atom. The number of aromatic nitrogens is 3. The molecule has 0 aliphatic heterocycles. The van der Waals surface area contributed by atoms with Crippen LogP contribution in [0.1, 0.15) is 24.2 Å². The third-order valence-electron chi connectivity index (χ3n) is 4.68. The number of aryl methyl sites for hydroxylation is 2. The molecule has 2 heterocycles. The van der Waals surface area contributed by atoms with Crippen molar-refractivity contribution >= 4 is 16.9 Å². The van der Waals surface area contributed by atoms with Crippen molar-refractivity contribution in [1.29, 1.82) is 0 Å². The summed E-state index contributed by atoms with van der Waals surface area (Å²) in [5.74, 6) is 1.64. The molecule has 3 aromatic rings. The lowest BCUT2D eigenvalue weighted by Crippen LogP contribution is -2.38. The second-order valence-corrected chi connectivity index (χ2v) is 6.55. The predicted octanol–water partition coefficient (Wildman–Crippen LogP) is 3.00. The first-order valence-electron chi connectivity index (χ1n) is 9.35. The average Bonchev–Trinajstić information content (AvgIpc) is 3.25. The van der Waals surface area contributed by atoms with E-state index in [-0.39, 0.29) is 5.82 Å². The van der Waals surface area contributed by atoms with Gasteiger partial charge in [0.25, 0.3) is 0 Å². The topological polar surface area (TPSA) is 70.0 Å². The first-order valence-corrected chi connectivity index (χ1v) is 9.35. The van der Waals surface area contributed by atoms with Crippen LogP contribution < -0.4 is 10.6 Å². The summed E-state index contributed by atoms with van der Waals surface area (Å²) in [5.41, 5.74) is 2.00. The molecular weight excluding hydrogens is 343 g/mol. The molecule has 2 aromatic heterocycles. The summed E-state index contributed by atoms with van der Waals surface area (Å²) in [6, 6.07) is 4.85. The number of unbranched alkanes of at least 4 members (excludes halogenated alkanes) is 1. The molecule has 0 radical (unpaired) electrons. The molecule has 0 saturated heterocycles. The van der Waals surface area contributed by atoms with Crippen LogP contribution in [0.2, 0.25) is 0 Å². The highest BCUT2D eigenvalue weighted by Gasteiger charge is 2.05. The number of nitrogens with zero attached hydrogens (tertiary/aromatic N) is 3. The molecule has 0 atom stereocenters. The number of nitrogens with one attached hydrogen (secondary N) is 3. The van der Waals surface area contributed by atoms with Gasteiger partial charge < -0.3 is 20.2 Å². The first-order chi connectivity index (χ1) is 13.2. The van der Waals surface area contributed by atoms with Gasteiger partial charge in [-0.25, -0.2) is 9.37 Å². The molecule has 0 aliphatic rings. The van der Waals surface area contributed by atoms with E-state index in [9.17, 15) is 4.39 Å². The Bertz CT molecular complexity index is 895. The third-order valence-corrected chi connectivity index (χ3v) is 4.68. The van der Waals surface area contributed by atoms with E-state index < -0.39 is 0 Å². The van der Waals surface area contributed by atoms with Crippen molar-refractivity contribution in [2.75, 3.05) is 20.1 Å². The predicted molar refractivity (Wildman–Crippen MR) is 108 cm³/mol. The third kappa shape index (κ3) is 5.09. The highest BCUT2D eigenvalue weighted by atomic mass is 19.1. The molecule has 0 saturated carbocycles. The number of H-pyrrole nitrogens is 1. The van der Waals surface area contributed by atoms with Crippen LogP contribution in [0.5, 0.6) is 0 Å². The Balaban J connectivity index is 1.37. The average molecular weight is 370 g/mol. The Kier molecular flexibility index (Phi) is 6.46. The smallest absolute Gasteiger partial charge is 0.190 e. The van der Waals surface area contributed by atoms with E-state index in [1.807, 2.05) is 31.6 Å². The lowest BCUT2D eigenvalue weighted by Gasteiger charge is -2.12. The zero-order chi connectivity index (χ0) is 19.1. The van der Waals surface area contributed by atoms with Crippen molar-refractivity contribution in [3.63, 3.8) is 0 Å². The van der Waals surface area contributed by atoms with Crippen molar-refractivity contribution in [1.82, 2.24) is 25.2 Å². The van der Waals surface area contributed by atoms with Crippen LogP contribution in [0.15, 0.2) is 41.8 Å². The van der Waals surface area contributed by atoms with Gasteiger partial charge in [-0.3, -0.25) is 4.99 Å². The summed E-state index contributed by atoms with van der Waals surface area (Å²) in [7, 11) is 1.78. The maximum Gasteiger partial charge on any atom is 0.190 e. The van der Waals surface area contributed by atoms with Crippen molar-refractivity contribution in [2.24, 2.45) is 4.99 Å². The monoisotopic (exact) mass is 370 g/mol. The maximum absolute atomic E-state index is 13.3. The van der Waals surface area contributed by atoms with E-state index in [0.29, 0.717) is 0 Å². The molecule has 6 nitrogen and oxygen atoms in total. The molecule has 0 bridgehead atoms. The quantitative estimate of drug-likeness (QED) is 0.324. The highest BCUT2D eigenvalue weighted by molar-refractivity contribution is 5.83. The minimum absolute atomic E-state index is 0.221. The fraction of sp³-hybridized carbons (Fsp3) is 0.400. The van der Waals surface area contributed by atoms with Gasteiger partial charge in [0.15, 0.2) is 5.96 Å². The second kappa shape index (κ2) is 9.21. The Morgan fingerprint density at radius 1 is 1.26 bits per heavy atom. The van der Waals surface area contributed by atoms with Gasteiger partial charge in [0.1, 0.15) is 11.6 Å². The van der Waals surface area contributed by atoms with Crippen LogP contribution >= 0.6 is 0 Å². The first kappa shape index (κ1) is 18.9. The number of halogens is 1. The molecule has 7 heteroatoms. The zero-order valence-corrected chi connectivity index (χ0v) is 15.9. The van der Waals surface area contributed by atoms with Gasteiger partial charge in [-0.2, -0.15) is 0 Å². The number of imidazole rings is 1. The molecule has 0 amide bonds. The van der Waals surface area contributed by atoms with Gasteiger partial charge in [-0.1, -0.05) is 0 Å². The van der Waals surface area contributed by atoms with E-state index in [1.165, 1.54) is 17.7 Å².